The fraction of sp³-hybridized carbons (Fsp3) is 0.500. The predicted octanol–water partition coefficient (Wildman–Crippen LogP) is 3.05. The van der Waals surface area contributed by atoms with Crippen molar-refractivity contribution in [2.75, 3.05) is 16.8 Å². The normalized spacial score (nSPS) is 21.6. The Hall–Kier alpha value is -3.10. The SMILES string of the molecule is CC(=O)NC1CCC(Nc2ncc(F)c(-c3cccc(N4CCCCC4=O)n3)n2)CC1. The van der Waals surface area contributed by atoms with Crippen LogP contribution in [0.3, 0.4) is 0 Å². The molecule has 164 valence electrons. The zero-order chi connectivity index (χ0) is 21.8. The minimum absolute atomic E-state index is 0.0103. The third-order valence-electron chi connectivity index (χ3n) is 5.79. The number of carbonyl (C=O) groups is 2. The number of pyridine rings is 1. The van der Waals surface area contributed by atoms with Gasteiger partial charge in [-0.05, 0) is 50.7 Å². The van der Waals surface area contributed by atoms with Crippen LogP contribution in [0, 0.1) is 5.82 Å². The van der Waals surface area contributed by atoms with Crippen LogP contribution >= 0.6 is 0 Å². The lowest BCUT2D eigenvalue weighted by Crippen LogP contribution is -2.39. The van der Waals surface area contributed by atoms with Crippen molar-refractivity contribution in [3.63, 3.8) is 0 Å². The Bertz CT molecular complexity index is 961. The summed E-state index contributed by atoms with van der Waals surface area (Å²) in [5.74, 6) is 0.335. The predicted molar refractivity (Wildman–Crippen MR) is 115 cm³/mol. The van der Waals surface area contributed by atoms with Crippen molar-refractivity contribution in [1.82, 2.24) is 20.3 Å². The average molecular weight is 426 g/mol. The molecular formula is C22H27FN6O2. The Labute approximate surface area is 180 Å². The van der Waals surface area contributed by atoms with Gasteiger partial charge >= 0.3 is 0 Å². The zero-order valence-corrected chi connectivity index (χ0v) is 17.6. The maximum Gasteiger partial charge on any atom is 0.228 e. The van der Waals surface area contributed by atoms with Crippen molar-refractivity contribution in [3.05, 3.63) is 30.2 Å². The highest BCUT2D eigenvalue weighted by Crippen LogP contribution is 2.26. The summed E-state index contributed by atoms with van der Waals surface area (Å²) in [6.07, 6.45) is 6.95. The molecule has 4 rings (SSSR count). The van der Waals surface area contributed by atoms with Crippen LogP contribution in [0.5, 0.6) is 0 Å². The molecule has 0 aromatic carbocycles. The molecule has 2 aromatic heterocycles. The largest absolute Gasteiger partial charge is 0.354 e. The van der Waals surface area contributed by atoms with Gasteiger partial charge in [-0.3, -0.25) is 14.5 Å². The first-order valence-electron chi connectivity index (χ1n) is 10.8. The molecule has 1 aliphatic carbocycles. The van der Waals surface area contributed by atoms with Crippen molar-refractivity contribution in [2.24, 2.45) is 0 Å². The Morgan fingerprint density at radius 1 is 1.13 bits per heavy atom. The van der Waals surface area contributed by atoms with Gasteiger partial charge < -0.3 is 10.6 Å². The van der Waals surface area contributed by atoms with E-state index in [0.717, 1.165) is 44.7 Å². The van der Waals surface area contributed by atoms with E-state index in [4.69, 9.17) is 0 Å². The highest BCUT2D eigenvalue weighted by atomic mass is 19.1. The van der Waals surface area contributed by atoms with E-state index in [2.05, 4.69) is 25.6 Å². The fourth-order valence-electron chi connectivity index (χ4n) is 4.22. The molecule has 2 N–H and O–H groups in total. The van der Waals surface area contributed by atoms with E-state index in [0.29, 0.717) is 30.4 Å². The number of halogens is 1. The highest BCUT2D eigenvalue weighted by molar-refractivity contribution is 5.93. The van der Waals surface area contributed by atoms with Crippen LogP contribution in [0.15, 0.2) is 24.4 Å². The minimum Gasteiger partial charge on any atom is -0.354 e. The summed E-state index contributed by atoms with van der Waals surface area (Å²) in [4.78, 5) is 38.1. The molecule has 31 heavy (non-hydrogen) atoms. The summed E-state index contributed by atoms with van der Waals surface area (Å²) < 4.78 is 14.5. The van der Waals surface area contributed by atoms with E-state index in [1.165, 1.54) is 6.92 Å². The average Bonchev–Trinajstić information content (AvgIpc) is 2.76. The molecule has 0 atom stereocenters. The van der Waals surface area contributed by atoms with Crippen molar-refractivity contribution in [2.45, 2.75) is 64.0 Å². The number of hydrogen-bond acceptors (Lipinski definition) is 6. The Morgan fingerprint density at radius 3 is 2.65 bits per heavy atom. The van der Waals surface area contributed by atoms with Crippen LogP contribution in [0.2, 0.25) is 0 Å². The summed E-state index contributed by atoms with van der Waals surface area (Å²) >= 11 is 0. The first kappa shape index (κ1) is 21.1. The molecule has 9 heteroatoms. The van der Waals surface area contributed by atoms with Gasteiger partial charge in [0.1, 0.15) is 11.5 Å². The third kappa shape index (κ3) is 5.15. The lowest BCUT2D eigenvalue weighted by atomic mass is 9.91. The minimum atomic E-state index is -0.561. The maximum atomic E-state index is 14.5. The van der Waals surface area contributed by atoms with E-state index < -0.39 is 5.82 Å². The third-order valence-corrected chi connectivity index (χ3v) is 5.79. The number of aromatic nitrogens is 3. The van der Waals surface area contributed by atoms with Gasteiger partial charge in [0.25, 0.3) is 0 Å². The highest BCUT2D eigenvalue weighted by Gasteiger charge is 2.24. The molecule has 0 radical (unpaired) electrons. The number of piperidine rings is 1. The molecule has 3 heterocycles. The number of amides is 2. The first-order chi connectivity index (χ1) is 15.0. The number of nitrogens with one attached hydrogen (secondary N) is 2. The Balaban J connectivity index is 1.48. The lowest BCUT2D eigenvalue weighted by molar-refractivity contribution is -0.120. The van der Waals surface area contributed by atoms with Crippen LogP contribution in [0.4, 0.5) is 16.2 Å². The first-order valence-corrected chi connectivity index (χ1v) is 10.8. The van der Waals surface area contributed by atoms with Crippen LogP contribution in [0.1, 0.15) is 51.9 Å². The summed E-state index contributed by atoms with van der Waals surface area (Å²) in [5.41, 5.74) is 0.476. The number of nitrogens with zero attached hydrogens (tertiary/aromatic N) is 4. The van der Waals surface area contributed by atoms with Crippen molar-refractivity contribution in [1.29, 1.82) is 0 Å². The van der Waals surface area contributed by atoms with Gasteiger partial charge in [-0.1, -0.05) is 6.07 Å². The molecule has 1 saturated carbocycles. The molecule has 2 amide bonds. The number of hydrogen-bond donors (Lipinski definition) is 2. The van der Waals surface area contributed by atoms with Crippen LogP contribution in [-0.4, -0.2) is 45.4 Å². The number of anilines is 2. The Morgan fingerprint density at radius 2 is 1.90 bits per heavy atom. The molecule has 1 saturated heterocycles. The van der Waals surface area contributed by atoms with Gasteiger partial charge in [0, 0.05) is 32.0 Å². The fourth-order valence-corrected chi connectivity index (χ4v) is 4.22. The molecule has 8 nitrogen and oxygen atoms in total. The second-order valence-corrected chi connectivity index (χ2v) is 8.17. The zero-order valence-electron chi connectivity index (χ0n) is 17.6. The second-order valence-electron chi connectivity index (χ2n) is 8.17. The van der Waals surface area contributed by atoms with Crippen LogP contribution < -0.4 is 15.5 Å². The lowest BCUT2D eigenvalue weighted by Gasteiger charge is -2.29. The van der Waals surface area contributed by atoms with E-state index in [1.807, 2.05) is 0 Å². The summed E-state index contributed by atoms with van der Waals surface area (Å²) in [6, 6.07) is 5.57. The molecule has 0 spiro atoms. The quantitative estimate of drug-likeness (QED) is 0.762. The van der Waals surface area contributed by atoms with Gasteiger partial charge in [0.15, 0.2) is 5.82 Å². The molecule has 1 aliphatic heterocycles. The number of rotatable bonds is 5. The van der Waals surface area contributed by atoms with Crippen molar-refractivity contribution < 1.29 is 14.0 Å². The van der Waals surface area contributed by atoms with E-state index in [9.17, 15) is 14.0 Å². The molecule has 0 bridgehead atoms. The van der Waals surface area contributed by atoms with E-state index >= 15 is 0 Å². The summed E-state index contributed by atoms with van der Waals surface area (Å²) in [6.45, 7) is 2.15. The monoisotopic (exact) mass is 426 g/mol. The molecule has 2 aromatic rings. The Kier molecular flexibility index (Phi) is 6.39. The smallest absolute Gasteiger partial charge is 0.228 e. The summed E-state index contributed by atoms with van der Waals surface area (Å²) in [5, 5.41) is 6.24. The number of carbonyl (C=O) groups excluding carboxylic acids is 2. The van der Waals surface area contributed by atoms with E-state index in [1.54, 1.807) is 23.1 Å². The van der Waals surface area contributed by atoms with Gasteiger partial charge in [0.2, 0.25) is 17.8 Å². The maximum absolute atomic E-state index is 14.5. The van der Waals surface area contributed by atoms with Gasteiger partial charge in [-0.25, -0.2) is 19.3 Å². The van der Waals surface area contributed by atoms with Crippen molar-refractivity contribution >= 4 is 23.6 Å². The molecule has 0 unspecified atom stereocenters. The van der Waals surface area contributed by atoms with Crippen molar-refractivity contribution in [3.8, 4) is 11.4 Å². The van der Waals surface area contributed by atoms with Gasteiger partial charge in [0.05, 0.1) is 11.9 Å². The molecular weight excluding hydrogens is 399 g/mol. The van der Waals surface area contributed by atoms with Gasteiger partial charge in [-0.15, -0.1) is 0 Å². The standard InChI is InChI=1S/C22H27FN6O2/c1-14(30)25-15-8-10-16(11-9-15)26-22-24-13-17(23)21(28-22)18-5-4-6-19(27-18)29-12-3-2-7-20(29)31/h4-6,13,15-16H,2-3,7-12H2,1H3,(H,25,30)(H,24,26,28). The summed E-state index contributed by atoms with van der Waals surface area (Å²) in [7, 11) is 0. The van der Waals surface area contributed by atoms with Crippen LogP contribution in [-0.2, 0) is 9.59 Å². The molecule has 2 aliphatic rings. The van der Waals surface area contributed by atoms with Gasteiger partial charge in [-0.2, -0.15) is 0 Å². The topological polar surface area (TPSA) is 100 Å². The second kappa shape index (κ2) is 9.36. The van der Waals surface area contributed by atoms with E-state index in [-0.39, 0.29) is 29.6 Å². The van der Waals surface area contributed by atoms with Crippen LogP contribution in [0.25, 0.3) is 11.4 Å². The molecule has 2 fully saturated rings.